The molecule has 0 spiro atoms. The van der Waals surface area contributed by atoms with Crippen molar-refractivity contribution < 1.29 is 9.90 Å². The monoisotopic (exact) mass is 237 g/mol. The number of anilines is 1. The zero-order valence-corrected chi connectivity index (χ0v) is 10.5. The number of carbonyl (C=O) groups is 1. The number of rotatable bonds is 4. The van der Waals surface area contributed by atoms with E-state index in [1.165, 1.54) is 0 Å². The van der Waals surface area contributed by atoms with Gasteiger partial charge in [-0.25, -0.2) is 4.79 Å². The van der Waals surface area contributed by atoms with E-state index in [1.807, 2.05) is 6.92 Å². The number of amides is 2. The molecule has 1 heterocycles. The number of urea groups is 1. The second-order valence-electron chi connectivity index (χ2n) is 4.18. The molecule has 1 atom stereocenters. The van der Waals surface area contributed by atoms with Gasteiger partial charge in [0.25, 0.3) is 0 Å². The average Bonchev–Trinajstić information content (AvgIpc) is 2.28. The van der Waals surface area contributed by atoms with E-state index in [2.05, 4.69) is 10.3 Å². The van der Waals surface area contributed by atoms with E-state index in [-0.39, 0.29) is 6.03 Å². The molecular formula is C12H19N3O2. The van der Waals surface area contributed by atoms with Crippen molar-refractivity contribution in [3.05, 3.63) is 24.0 Å². The fourth-order valence-corrected chi connectivity index (χ4v) is 1.31. The molecule has 5 nitrogen and oxygen atoms in total. The van der Waals surface area contributed by atoms with Crippen LogP contribution in [0.2, 0.25) is 0 Å². The number of aliphatic hydroxyl groups excluding tert-OH is 1. The molecule has 0 aliphatic heterocycles. The predicted molar refractivity (Wildman–Crippen MR) is 66.9 cm³/mol. The van der Waals surface area contributed by atoms with Crippen molar-refractivity contribution in [1.82, 2.24) is 9.88 Å². The normalized spacial score (nSPS) is 12.0. The van der Waals surface area contributed by atoms with Gasteiger partial charge in [0, 0.05) is 31.7 Å². The first-order chi connectivity index (χ1) is 8.00. The molecule has 1 unspecified atom stereocenters. The van der Waals surface area contributed by atoms with Crippen molar-refractivity contribution >= 4 is 11.7 Å². The van der Waals surface area contributed by atoms with Crippen molar-refractivity contribution in [3.63, 3.8) is 0 Å². The van der Waals surface area contributed by atoms with Gasteiger partial charge in [-0.15, -0.1) is 0 Å². The molecule has 0 fully saturated rings. The summed E-state index contributed by atoms with van der Waals surface area (Å²) in [4.78, 5) is 17.3. The number of nitrogens with zero attached hydrogens (tertiary/aromatic N) is 2. The summed E-state index contributed by atoms with van der Waals surface area (Å²) >= 11 is 0. The van der Waals surface area contributed by atoms with Gasteiger partial charge < -0.3 is 15.3 Å². The molecule has 0 bridgehead atoms. The van der Waals surface area contributed by atoms with Gasteiger partial charge in [-0.3, -0.25) is 4.98 Å². The van der Waals surface area contributed by atoms with Crippen LogP contribution >= 0.6 is 0 Å². The molecule has 0 aliphatic rings. The minimum Gasteiger partial charge on any atom is -0.393 e. The fourth-order valence-electron chi connectivity index (χ4n) is 1.31. The number of aliphatic hydroxyl groups is 1. The molecule has 2 amide bonds. The molecule has 0 aromatic carbocycles. The molecule has 0 radical (unpaired) electrons. The second kappa shape index (κ2) is 6.20. The Morgan fingerprint density at radius 1 is 1.65 bits per heavy atom. The zero-order chi connectivity index (χ0) is 12.8. The lowest BCUT2D eigenvalue weighted by Crippen LogP contribution is -2.33. The van der Waals surface area contributed by atoms with Crippen LogP contribution in [0, 0.1) is 6.92 Å². The maximum absolute atomic E-state index is 11.8. The highest BCUT2D eigenvalue weighted by atomic mass is 16.3. The highest BCUT2D eigenvalue weighted by Crippen LogP contribution is 2.12. The maximum atomic E-state index is 11.8. The summed E-state index contributed by atoms with van der Waals surface area (Å²) in [6.07, 6.45) is 3.51. The van der Waals surface area contributed by atoms with E-state index < -0.39 is 6.10 Å². The number of hydrogen-bond acceptors (Lipinski definition) is 3. The van der Waals surface area contributed by atoms with Gasteiger partial charge >= 0.3 is 6.03 Å². The van der Waals surface area contributed by atoms with Gasteiger partial charge in [0.05, 0.1) is 6.10 Å². The SMILES string of the molecule is Cc1cnccc1NC(=O)N(C)CCC(C)O. The van der Waals surface area contributed by atoms with Crippen molar-refractivity contribution in [2.75, 3.05) is 18.9 Å². The summed E-state index contributed by atoms with van der Waals surface area (Å²) in [6.45, 7) is 4.12. The first-order valence-electron chi connectivity index (χ1n) is 5.61. The first-order valence-corrected chi connectivity index (χ1v) is 5.61. The summed E-state index contributed by atoms with van der Waals surface area (Å²) in [5, 5.41) is 11.9. The van der Waals surface area contributed by atoms with Gasteiger partial charge in [-0.2, -0.15) is 0 Å². The molecule has 0 saturated heterocycles. The third-order valence-corrected chi connectivity index (χ3v) is 2.49. The summed E-state index contributed by atoms with van der Waals surface area (Å²) < 4.78 is 0. The lowest BCUT2D eigenvalue weighted by atomic mass is 10.2. The molecular weight excluding hydrogens is 218 g/mol. The Morgan fingerprint density at radius 2 is 2.35 bits per heavy atom. The number of nitrogens with one attached hydrogen (secondary N) is 1. The van der Waals surface area contributed by atoms with E-state index in [0.717, 1.165) is 11.3 Å². The van der Waals surface area contributed by atoms with Gasteiger partial charge in [0.2, 0.25) is 0 Å². The first kappa shape index (κ1) is 13.4. The molecule has 5 heteroatoms. The Balaban J connectivity index is 2.52. The third kappa shape index (κ3) is 4.40. The molecule has 17 heavy (non-hydrogen) atoms. The maximum Gasteiger partial charge on any atom is 0.321 e. The van der Waals surface area contributed by atoms with E-state index in [0.29, 0.717) is 13.0 Å². The van der Waals surface area contributed by atoms with Crippen LogP contribution in [0.5, 0.6) is 0 Å². The van der Waals surface area contributed by atoms with Crippen LogP contribution < -0.4 is 5.32 Å². The largest absolute Gasteiger partial charge is 0.393 e. The Morgan fingerprint density at radius 3 is 2.94 bits per heavy atom. The lowest BCUT2D eigenvalue weighted by Gasteiger charge is -2.19. The molecule has 1 aromatic rings. The van der Waals surface area contributed by atoms with Crippen molar-refractivity contribution in [1.29, 1.82) is 0 Å². The minimum absolute atomic E-state index is 0.181. The van der Waals surface area contributed by atoms with Crippen LogP contribution in [0.25, 0.3) is 0 Å². The molecule has 0 saturated carbocycles. The molecule has 0 aliphatic carbocycles. The number of hydrogen-bond donors (Lipinski definition) is 2. The van der Waals surface area contributed by atoms with Crippen LogP contribution in [0.4, 0.5) is 10.5 Å². The second-order valence-corrected chi connectivity index (χ2v) is 4.18. The van der Waals surface area contributed by atoms with Gasteiger partial charge in [-0.05, 0) is 31.9 Å². The van der Waals surface area contributed by atoms with Crippen molar-refractivity contribution in [3.8, 4) is 0 Å². The Bertz CT molecular complexity index is 380. The number of aryl methyl sites for hydroxylation is 1. The van der Waals surface area contributed by atoms with E-state index in [9.17, 15) is 4.79 Å². The van der Waals surface area contributed by atoms with Crippen LogP contribution in [-0.4, -0.2) is 40.7 Å². The minimum atomic E-state index is -0.395. The lowest BCUT2D eigenvalue weighted by molar-refractivity contribution is 0.167. The van der Waals surface area contributed by atoms with Gasteiger partial charge in [0.15, 0.2) is 0 Å². The molecule has 94 valence electrons. The Kier molecular flexibility index (Phi) is 4.90. The summed E-state index contributed by atoms with van der Waals surface area (Å²) in [6, 6.07) is 1.58. The predicted octanol–water partition coefficient (Wildman–Crippen LogP) is 1.62. The van der Waals surface area contributed by atoms with E-state index in [4.69, 9.17) is 5.11 Å². The quantitative estimate of drug-likeness (QED) is 0.836. The molecule has 1 rings (SSSR count). The Hall–Kier alpha value is -1.62. The third-order valence-electron chi connectivity index (χ3n) is 2.49. The summed E-state index contributed by atoms with van der Waals surface area (Å²) in [5.41, 5.74) is 1.68. The van der Waals surface area contributed by atoms with E-state index >= 15 is 0 Å². The topological polar surface area (TPSA) is 65.5 Å². The highest BCUT2D eigenvalue weighted by molar-refractivity contribution is 5.89. The standard InChI is InChI=1S/C12H19N3O2/c1-9-8-13-6-4-11(9)14-12(17)15(3)7-5-10(2)16/h4,6,8,10,16H,5,7H2,1-3H3,(H,13,14,17). The zero-order valence-electron chi connectivity index (χ0n) is 10.5. The Labute approximate surface area is 101 Å². The average molecular weight is 237 g/mol. The smallest absolute Gasteiger partial charge is 0.321 e. The fraction of sp³-hybridized carbons (Fsp3) is 0.500. The van der Waals surface area contributed by atoms with Gasteiger partial charge in [-0.1, -0.05) is 0 Å². The van der Waals surface area contributed by atoms with Crippen molar-refractivity contribution in [2.24, 2.45) is 0 Å². The van der Waals surface area contributed by atoms with Crippen LogP contribution in [-0.2, 0) is 0 Å². The summed E-state index contributed by atoms with van der Waals surface area (Å²) in [5.74, 6) is 0. The molecule has 1 aromatic heterocycles. The van der Waals surface area contributed by atoms with Gasteiger partial charge in [0.1, 0.15) is 0 Å². The van der Waals surface area contributed by atoms with Crippen molar-refractivity contribution in [2.45, 2.75) is 26.4 Å². The molecule has 2 N–H and O–H groups in total. The highest BCUT2D eigenvalue weighted by Gasteiger charge is 2.10. The van der Waals surface area contributed by atoms with Crippen LogP contribution in [0.15, 0.2) is 18.5 Å². The number of carbonyl (C=O) groups excluding carboxylic acids is 1. The van der Waals surface area contributed by atoms with Crippen LogP contribution in [0.1, 0.15) is 18.9 Å². The number of pyridine rings is 1. The number of aromatic nitrogens is 1. The van der Waals surface area contributed by atoms with E-state index in [1.54, 1.807) is 37.3 Å². The summed E-state index contributed by atoms with van der Waals surface area (Å²) in [7, 11) is 1.70. The van der Waals surface area contributed by atoms with Crippen LogP contribution in [0.3, 0.4) is 0 Å².